The van der Waals surface area contributed by atoms with E-state index in [2.05, 4.69) is 0 Å². The predicted molar refractivity (Wildman–Crippen MR) is 83.1 cm³/mol. The fraction of sp³-hybridized carbons (Fsp3) is 0.533. The van der Waals surface area contributed by atoms with Crippen LogP contribution in [-0.2, 0) is 4.74 Å². The van der Waals surface area contributed by atoms with Crippen LogP contribution in [0.2, 0.25) is 0 Å². The van der Waals surface area contributed by atoms with E-state index >= 15 is 0 Å². The van der Waals surface area contributed by atoms with E-state index in [1.54, 1.807) is 23.1 Å². The first-order chi connectivity index (χ1) is 10.6. The number of unbranched alkanes of at least 4 members (excludes halogenated alkanes) is 1. The second kappa shape index (κ2) is 7.63. The highest BCUT2D eigenvalue weighted by Crippen LogP contribution is 2.28. The van der Waals surface area contributed by atoms with Gasteiger partial charge in [0.05, 0.1) is 11.5 Å². The van der Waals surface area contributed by atoms with Crippen molar-refractivity contribution in [3.8, 4) is 0 Å². The highest BCUT2D eigenvalue weighted by Gasteiger charge is 2.25. The molecular formula is C15H21N3O4. The first kappa shape index (κ1) is 16.1. The van der Waals surface area contributed by atoms with E-state index in [1.165, 1.54) is 6.07 Å². The molecule has 0 spiro atoms. The Morgan fingerprint density at radius 1 is 1.27 bits per heavy atom. The molecule has 1 aromatic rings. The lowest BCUT2D eigenvalue weighted by Crippen LogP contribution is -2.49. The van der Waals surface area contributed by atoms with E-state index in [0.29, 0.717) is 38.5 Å². The molecule has 120 valence electrons. The van der Waals surface area contributed by atoms with Crippen molar-refractivity contribution in [1.82, 2.24) is 4.90 Å². The van der Waals surface area contributed by atoms with Crippen molar-refractivity contribution in [3.05, 3.63) is 34.4 Å². The molecule has 1 aliphatic rings. The van der Waals surface area contributed by atoms with Gasteiger partial charge in [0.2, 0.25) is 0 Å². The summed E-state index contributed by atoms with van der Waals surface area (Å²) in [4.78, 5) is 26.2. The van der Waals surface area contributed by atoms with Crippen LogP contribution in [0.5, 0.6) is 0 Å². The van der Waals surface area contributed by atoms with Gasteiger partial charge in [-0.2, -0.15) is 0 Å². The third-order valence-corrected chi connectivity index (χ3v) is 3.68. The van der Waals surface area contributed by atoms with Gasteiger partial charge in [0.1, 0.15) is 5.69 Å². The molecule has 7 heteroatoms. The number of nitrogens with zero attached hydrogens (tertiary/aromatic N) is 3. The summed E-state index contributed by atoms with van der Waals surface area (Å²) in [5.74, 6) is 0. The number of nitro groups is 1. The van der Waals surface area contributed by atoms with Crippen molar-refractivity contribution in [3.63, 3.8) is 0 Å². The first-order valence-electron chi connectivity index (χ1n) is 7.53. The van der Waals surface area contributed by atoms with Gasteiger partial charge in [-0.05, 0) is 12.5 Å². The Bertz CT molecular complexity index is 527. The third-order valence-electron chi connectivity index (χ3n) is 3.68. The summed E-state index contributed by atoms with van der Waals surface area (Å²) in [6, 6.07) is 6.69. The van der Waals surface area contributed by atoms with E-state index in [-0.39, 0.29) is 16.7 Å². The zero-order valence-electron chi connectivity index (χ0n) is 12.7. The number of carbonyl (C=O) groups is 1. The van der Waals surface area contributed by atoms with Gasteiger partial charge in [-0.3, -0.25) is 10.1 Å². The van der Waals surface area contributed by atoms with Gasteiger partial charge in [0, 0.05) is 32.2 Å². The number of para-hydroxylation sites is 2. The van der Waals surface area contributed by atoms with Crippen LogP contribution in [0.15, 0.2) is 24.3 Å². The lowest BCUT2D eigenvalue weighted by molar-refractivity contribution is -0.384. The molecule has 0 radical (unpaired) electrons. The molecule has 0 saturated carbocycles. The average molecular weight is 307 g/mol. The fourth-order valence-corrected chi connectivity index (χ4v) is 2.41. The van der Waals surface area contributed by atoms with Crippen LogP contribution in [-0.4, -0.2) is 48.7 Å². The largest absolute Gasteiger partial charge is 0.449 e. The molecule has 2 rings (SSSR count). The van der Waals surface area contributed by atoms with Crippen LogP contribution in [0.25, 0.3) is 0 Å². The standard InChI is InChI=1S/C15H21N3O4/c1-2-3-12-22-15(19)17-10-8-16(9-11-17)13-6-4-5-7-14(13)18(20)21/h4-7H,2-3,8-12H2,1H3. The molecule has 1 heterocycles. The Hall–Kier alpha value is -2.31. The molecule has 0 atom stereocenters. The number of hydrogen-bond acceptors (Lipinski definition) is 5. The maximum Gasteiger partial charge on any atom is 0.409 e. The topological polar surface area (TPSA) is 75.9 Å². The summed E-state index contributed by atoms with van der Waals surface area (Å²) in [7, 11) is 0. The van der Waals surface area contributed by atoms with Gasteiger partial charge in [-0.1, -0.05) is 25.5 Å². The van der Waals surface area contributed by atoms with Gasteiger partial charge >= 0.3 is 6.09 Å². The number of amides is 1. The van der Waals surface area contributed by atoms with Crippen molar-refractivity contribution >= 4 is 17.5 Å². The summed E-state index contributed by atoms with van der Waals surface area (Å²) < 4.78 is 5.19. The van der Waals surface area contributed by atoms with E-state index in [9.17, 15) is 14.9 Å². The van der Waals surface area contributed by atoms with Crippen LogP contribution < -0.4 is 4.90 Å². The molecule has 1 aliphatic heterocycles. The van der Waals surface area contributed by atoms with Crippen LogP contribution in [0, 0.1) is 10.1 Å². The van der Waals surface area contributed by atoms with Crippen LogP contribution in [0.4, 0.5) is 16.2 Å². The first-order valence-corrected chi connectivity index (χ1v) is 7.53. The molecule has 7 nitrogen and oxygen atoms in total. The van der Waals surface area contributed by atoms with E-state index in [1.807, 2.05) is 11.8 Å². The van der Waals surface area contributed by atoms with Gasteiger partial charge < -0.3 is 14.5 Å². The number of hydrogen-bond donors (Lipinski definition) is 0. The number of rotatable bonds is 5. The number of ether oxygens (including phenoxy) is 1. The van der Waals surface area contributed by atoms with Crippen molar-refractivity contribution in [2.75, 3.05) is 37.7 Å². The monoisotopic (exact) mass is 307 g/mol. The average Bonchev–Trinajstić information content (AvgIpc) is 2.55. The molecule has 0 bridgehead atoms. The Morgan fingerprint density at radius 2 is 1.95 bits per heavy atom. The van der Waals surface area contributed by atoms with Crippen LogP contribution in [0.1, 0.15) is 19.8 Å². The molecule has 0 aromatic heterocycles. The van der Waals surface area contributed by atoms with E-state index in [0.717, 1.165) is 12.8 Å². The highest BCUT2D eigenvalue weighted by atomic mass is 16.6. The maximum atomic E-state index is 11.9. The Balaban J connectivity index is 1.92. The summed E-state index contributed by atoms with van der Waals surface area (Å²) in [6.45, 7) is 4.63. The highest BCUT2D eigenvalue weighted by molar-refractivity contribution is 5.69. The number of nitro benzene ring substituents is 1. The molecule has 1 amide bonds. The predicted octanol–water partition coefficient (Wildman–Crippen LogP) is 2.65. The van der Waals surface area contributed by atoms with E-state index < -0.39 is 0 Å². The molecule has 1 fully saturated rings. The SMILES string of the molecule is CCCCOC(=O)N1CCN(c2ccccc2[N+](=O)[O-])CC1. The molecule has 0 unspecified atom stereocenters. The molecule has 1 saturated heterocycles. The molecule has 0 N–H and O–H groups in total. The lowest BCUT2D eigenvalue weighted by Gasteiger charge is -2.35. The van der Waals surface area contributed by atoms with Crippen molar-refractivity contribution in [1.29, 1.82) is 0 Å². The summed E-state index contributed by atoms with van der Waals surface area (Å²) in [5.41, 5.74) is 0.702. The number of piperazine rings is 1. The number of carbonyl (C=O) groups excluding carboxylic acids is 1. The molecule has 1 aromatic carbocycles. The van der Waals surface area contributed by atoms with Crippen LogP contribution in [0.3, 0.4) is 0 Å². The van der Waals surface area contributed by atoms with Gasteiger partial charge in [-0.15, -0.1) is 0 Å². The smallest absolute Gasteiger partial charge is 0.409 e. The summed E-state index contributed by atoms with van der Waals surface area (Å²) in [6.07, 6.45) is 1.55. The minimum atomic E-state index is -0.374. The van der Waals surface area contributed by atoms with Gasteiger partial charge in [0.15, 0.2) is 0 Å². The molecule has 22 heavy (non-hydrogen) atoms. The summed E-state index contributed by atoms with van der Waals surface area (Å²) in [5, 5.41) is 11.1. The normalized spacial score (nSPS) is 14.8. The minimum absolute atomic E-state index is 0.0986. The van der Waals surface area contributed by atoms with Crippen LogP contribution >= 0.6 is 0 Å². The summed E-state index contributed by atoms with van der Waals surface area (Å²) >= 11 is 0. The minimum Gasteiger partial charge on any atom is -0.449 e. The quantitative estimate of drug-likeness (QED) is 0.475. The Labute approximate surface area is 129 Å². The van der Waals surface area contributed by atoms with Crippen molar-refractivity contribution in [2.24, 2.45) is 0 Å². The van der Waals surface area contributed by atoms with Crippen molar-refractivity contribution < 1.29 is 14.5 Å². The maximum absolute atomic E-state index is 11.9. The second-order valence-corrected chi connectivity index (χ2v) is 5.19. The Kier molecular flexibility index (Phi) is 5.57. The van der Waals surface area contributed by atoms with Crippen molar-refractivity contribution in [2.45, 2.75) is 19.8 Å². The fourth-order valence-electron chi connectivity index (χ4n) is 2.41. The zero-order valence-corrected chi connectivity index (χ0v) is 12.7. The molecule has 0 aliphatic carbocycles. The van der Waals surface area contributed by atoms with E-state index in [4.69, 9.17) is 4.74 Å². The van der Waals surface area contributed by atoms with Gasteiger partial charge in [-0.25, -0.2) is 4.79 Å². The van der Waals surface area contributed by atoms with Gasteiger partial charge in [0.25, 0.3) is 5.69 Å². The zero-order chi connectivity index (χ0) is 15.9. The second-order valence-electron chi connectivity index (χ2n) is 5.19. The number of anilines is 1. The lowest BCUT2D eigenvalue weighted by atomic mass is 10.2. The molecular weight excluding hydrogens is 286 g/mol. The Morgan fingerprint density at radius 3 is 2.59 bits per heavy atom. The third kappa shape index (κ3) is 3.87. The number of benzene rings is 1.